The fourth-order valence-electron chi connectivity index (χ4n) is 20.7. The molecule has 0 radical (unpaired) electrons. The van der Waals surface area contributed by atoms with Gasteiger partial charge in [0.25, 0.3) is 0 Å². The van der Waals surface area contributed by atoms with Crippen molar-refractivity contribution in [3.8, 4) is 100 Å². The van der Waals surface area contributed by atoms with E-state index in [2.05, 4.69) is 482 Å². The van der Waals surface area contributed by atoms with Crippen LogP contribution in [0.3, 0.4) is 0 Å². The van der Waals surface area contributed by atoms with Gasteiger partial charge in [0, 0.05) is 32.9 Å². The average molecular weight is 1600 g/mol. The molecule has 0 aliphatic rings. The molecule has 0 unspecified atom stereocenters. The van der Waals surface area contributed by atoms with Crippen molar-refractivity contribution in [2.45, 2.75) is 0 Å². The van der Waals surface area contributed by atoms with E-state index in [1.54, 1.807) is 0 Å². The van der Waals surface area contributed by atoms with Crippen LogP contribution in [0.2, 0.25) is 0 Å². The number of rotatable bonds is 10. The van der Waals surface area contributed by atoms with E-state index < -0.39 is 0 Å². The van der Waals surface area contributed by atoms with E-state index in [9.17, 15) is 0 Å². The molecule has 24 aromatic carbocycles. The summed E-state index contributed by atoms with van der Waals surface area (Å²) in [6.45, 7) is 0. The van der Waals surface area contributed by atoms with Crippen molar-refractivity contribution in [2.24, 2.45) is 0 Å². The van der Waals surface area contributed by atoms with Gasteiger partial charge in [0.15, 0.2) is 0 Å². The highest BCUT2D eigenvalue weighted by molar-refractivity contribution is 6.28. The summed E-state index contributed by atoms with van der Waals surface area (Å²) >= 11 is 0. The Morgan fingerprint density at radius 3 is 0.595 bits per heavy atom. The van der Waals surface area contributed by atoms with Crippen LogP contribution in [-0.4, -0.2) is 9.13 Å². The molecular formula is C124H78N2. The molecule has 126 heavy (non-hydrogen) atoms. The topological polar surface area (TPSA) is 9.86 Å². The summed E-state index contributed by atoms with van der Waals surface area (Å²) in [7, 11) is 0. The van der Waals surface area contributed by atoms with E-state index in [-0.39, 0.29) is 0 Å². The van der Waals surface area contributed by atoms with Gasteiger partial charge < -0.3 is 9.13 Å². The second-order valence-corrected chi connectivity index (χ2v) is 33.7. The molecule has 2 aromatic heterocycles. The van der Waals surface area contributed by atoms with Crippen LogP contribution in [0.15, 0.2) is 473 Å². The Balaban J connectivity index is 0.000000139. The summed E-state index contributed by atoms with van der Waals surface area (Å²) in [5.74, 6) is 0. The number of hydrogen-bond acceptors (Lipinski definition) is 0. The van der Waals surface area contributed by atoms with Gasteiger partial charge in [-0.15, -0.1) is 0 Å². The van der Waals surface area contributed by atoms with Crippen LogP contribution in [0.1, 0.15) is 0 Å². The summed E-state index contributed by atoms with van der Waals surface area (Å²) in [4.78, 5) is 0. The molecule has 2 heterocycles. The minimum atomic E-state index is 1.15. The Bertz CT molecular complexity index is 8420. The Morgan fingerprint density at radius 2 is 0.302 bits per heavy atom. The molecule has 26 aromatic rings. The van der Waals surface area contributed by atoms with Gasteiger partial charge in [0.05, 0.1) is 22.1 Å². The highest BCUT2D eigenvalue weighted by atomic mass is 15.0. The first-order chi connectivity index (χ1) is 62.5. The fraction of sp³-hybridized carbons (Fsp3) is 0. The summed E-state index contributed by atoms with van der Waals surface area (Å²) in [6, 6.07) is 175. The normalized spacial score (nSPS) is 11.8. The molecule has 2 heteroatoms. The molecular weight excluding hydrogens is 1520 g/mol. The van der Waals surface area contributed by atoms with Crippen molar-refractivity contribution in [1.82, 2.24) is 9.13 Å². The first kappa shape index (κ1) is 72.3. The summed E-state index contributed by atoms with van der Waals surface area (Å²) in [6.07, 6.45) is 0. The lowest BCUT2D eigenvalue weighted by atomic mass is 9.91. The maximum absolute atomic E-state index is 2.41. The molecule has 0 fully saturated rings. The van der Waals surface area contributed by atoms with E-state index in [4.69, 9.17) is 0 Å². The largest absolute Gasteiger partial charge is 0.309 e. The lowest BCUT2D eigenvalue weighted by Crippen LogP contribution is -1.93. The predicted octanol–water partition coefficient (Wildman–Crippen LogP) is 34.4. The zero-order valence-corrected chi connectivity index (χ0v) is 68.9. The highest BCUT2D eigenvalue weighted by Gasteiger charge is 2.22. The Labute approximate surface area is 728 Å². The van der Waals surface area contributed by atoms with Crippen LogP contribution in [0, 0.1) is 0 Å². The van der Waals surface area contributed by atoms with Gasteiger partial charge in [-0.25, -0.2) is 0 Å². The smallest absolute Gasteiger partial charge is 0.0541 e. The van der Waals surface area contributed by atoms with Crippen LogP contribution in [0.4, 0.5) is 0 Å². The lowest BCUT2D eigenvalue weighted by Gasteiger charge is -2.13. The van der Waals surface area contributed by atoms with E-state index in [1.807, 2.05) is 0 Å². The van der Waals surface area contributed by atoms with Gasteiger partial charge in [-0.3, -0.25) is 0 Å². The molecule has 0 saturated heterocycles. The van der Waals surface area contributed by atoms with Crippen LogP contribution in [-0.2, 0) is 0 Å². The molecule has 584 valence electrons. The summed E-state index contributed by atoms with van der Waals surface area (Å²) in [5.41, 5.74) is 26.5. The van der Waals surface area contributed by atoms with Crippen LogP contribution in [0.5, 0.6) is 0 Å². The maximum atomic E-state index is 2.41. The van der Waals surface area contributed by atoms with Crippen molar-refractivity contribution in [1.29, 1.82) is 0 Å². The molecule has 0 saturated carbocycles. The van der Waals surface area contributed by atoms with Crippen LogP contribution < -0.4 is 0 Å². The minimum absolute atomic E-state index is 1.15. The Morgan fingerprint density at radius 1 is 0.103 bits per heavy atom. The second-order valence-electron chi connectivity index (χ2n) is 33.7. The van der Waals surface area contributed by atoms with Crippen molar-refractivity contribution in [3.63, 3.8) is 0 Å². The molecule has 0 atom stereocenters. The van der Waals surface area contributed by atoms with Crippen molar-refractivity contribution in [2.75, 3.05) is 0 Å². The van der Waals surface area contributed by atoms with Gasteiger partial charge in [0.2, 0.25) is 0 Å². The summed E-state index contributed by atoms with van der Waals surface area (Å²) in [5, 5.41) is 30.7. The van der Waals surface area contributed by atoms with Crippen molar-refractivity contribution >= 4 is 151 Å². The highest BCUT2D eigenvalue weighted by Crippen LogP contribution is 2.47. The number of aromatic nitrogens is 2. The first-order valence-corrected chi connectivity index (χ1v) is 43.7. The third kappa shape index (κ3) is 12.1. The number of para-hydroxylation sites is 2. The SMILES string of the molecule is c1ccc(-n2c3ccc(-c4cccc(-c5cc6ccccc6c6ccccc56)c4)cc3c3cc(-c4cccc(-c5cc6ccccc6c6ccccc56)c4)ccc32)cc1.c1ccc(-n2c3ccc(-c4cccc(-c5ccc6c7ccccc7c7ccccc7c6c5)c4)cc3c3cc(-c4cccc(-c5ccc6c7ccccc7c7ccccc7c6c5)c4)ccc32)cc1. The van der Waals surface area contributed by atoms with Gasteiger partial charge in [-0.05, 0) is 318 Å². The molecule has 2 nitrogen and oxygen atoms in total. The maximum Gasteiger partial charge on any atom is 0.0541 e. The Kier molecular flexibility index (Phi) is 17.0. The van der Waals surface area contributed by atoms with E-state index in [1.165, 1.54) is 240 Å². The first-order valence-electron chi connectivity index (χ1n) is 43.7. The number of benzene rings is 24. The minimum Gasteiger partial charge on any atom is -0.309 e. The second kappa shape index (κ2) is 29.7. The zero-order chi connectivity index (χ0) is 82.9. The summed E-state index contributed by atoms with van der Waals surface area (Å²) < 4.78 is 4.82. The number of hydrogen-bond donors (Lipinski definition) is 0. The van der Waals surface area contributed by atoms with Gasteiger partial charge in [-0.1, -0.05) is 352 Å². The zero-order valence-electron chi connectivity index (χ0n) is 68.9. The van der Waals surface area contributed by atoms with Crippen LogP contribution in [0.25, 0.3) is 252 Å². The quantitative estimate of drug-likeness (QED) is 0.121. The number of fused-ring (bicyclic) bond motifs is 24. The molecule has 26 rings (SSSR count). The predicted molar refractivity (Wildman–Crippen MR) is 540 cm³/mol. The van der Waals surface area contributed by atoms with Gasteiger partial charge >= 0.3 is 0 Å². The fourth-order valence-corrected chi connectivity index (χ4v) is 20.7. The van der Waals surface area contributed by atoms with Gasteiger partial charge in [0.1, 0.15) is 0 Å². The lowest BCUT2D eigenvalue weighted by molar-refractivity contribution is 1.18. The average Bonchev–Trinajstić information content (AvgIpc) is 1.19. The third-order valence-electron chi connectivity index (χ3n) is 26.7. The molecule has 0 aliphatic heterocycles. The monoisotopic (exact) mass is 1590 g/mol. The molecule has 0 N–H and O–H groups in total. The molecule has 0 amide bonds. The van der Waals surface area contributed by atoms with Crippen molar-refractivity contribution < 1.29 is 0 Å². The molecule has 0 aliphatic carbocycles. The number of nitrogens with zero attached hydrogens (tertiary/aromatic N) is 2. The van der Waals surface area contributed by atoms with E-state index >= 15 is 0 Å². The Hall–Kier alpha value is -16.5. The standard InChI is InChI=1S/C66H41N.C58H37N/c1-2-18-50(19-3-1)67-65-34-30-48(44-16-12-14-42(36-44)46-28-32-59-55-24-6-4-20-51(55)53-22-8-10-26-57(53)61(59)38-46)40-63(65)64-41-49(31-35-66(64)67)45-17-13-15-43(37-45)47-29-33-60-56-25-7-5-21-52(56)54-23-9-11-27-58(54)62(60)39-47;1-2-20-46(21-3-1)59-57-30-28-40(38-16-12-18-42(32-38)53-36-44-14-4-6-22-47(44)49-24-8-10-26-51(49)53)34-55(57)56-35-41(29-31-58(56)59)39-17-13-19-43(33-39)54-37-45-15-5-7-23-48(45)50-25-9-11-27-52(50)54/h1-41H;1-37H. The van der Waals surface area contributed by atoms with Crippen LogP contribution >= 0.6 is 0 Å². The molecule has 0 spiro atoms. The molecule has 0 bridgehead atoms. The third-order valence-corrected chi connectivity index (χ3v) is 26.7. The van der Waals surface area contributed by atoms with E-state index in [0.29, 0.717) is 0 Å². The van der Waals surface area contributed by atoms with Gasteiger partial charge in [-0.2, -0.15) is 0 Å². The van der Waals surface area contributed by atoms with E-state index in [0.717, 1.165) is 11.4 Å². The van der Waals surface area contributed by atoms with Crippen molar-refractivity contribution in [3.05, 3.63) is 473 Å².